The second kappa shape index (κ2) is 6.58. The second-order valence-electron chi connectivity index (χ2n) is 3.64. The standard InChI is InChI=1S/C11H21N3O/c1-3-7-13(8-9-15)10-11-5-6-12-14(11)4-2/h5-6,15H,3-4,7-10H2,1-2H3. The molecule has 0 spiro atoms. The summed E-state index contributed by atoms with van der Waals surface area (Å²) in [5.41, 5.74) is 1.22. The van der Waals surface area contributed by atoms with Crippen molar-refractivity contribution in [3.8, 4) is 0 Å². The number of aryl methyl sites for hydroxylation is 1. The minimum absolute atomic E-state index is 0.222. The Morgan fingerprint density at radius 1 is 1.40 bits per heavy atom. The van der Waals surface area contributed by atoms with Gasteiger partial charge in [0.25, 0.3) is 0 Å². The fourth-order valence-electron chi connectivity index (χ4n) is 1.74. The van der Waals surface area contributed by atoms with Crippen LogP contribution in [0.15, 0.2) is 12.3 Å². The molecule has 1 rings (SSSR count). The molecule has 1 aromatic heterocycles. The van der Waals surface area contributed by atoms with Gasteiger partial charge in [0.2, 0.25) is 0 Å². The molecule has 0 aliphatic carbocycles. The van der Waals surface area contributed by atoms with Gasteiger partial charge < -0.3 is 5.11 Å². The summed E-state index contributed by atoms with van der Waals surface area (Å²) < 4.78 is 2.00. The van der Waals surface area contributed by atoms with Crippen molar-refractivity contribution in [3.05, 3.63) is 18.0 Å². The molecule has 0 aliphatic heterocycles. The van der Waals surface area contributed by atoms with Gasteiger partial charge in [-0.1, -0.05) is 6.92 Å². The Hall–Kier alpha value is -0.870. The molecule has 0 fully saturated rings. The molecule has 4 nitrogen and oxygen atoms in total. The van der Waals surface area contributed by atoms with Crippen LogP contribution >= 0.6 is 0 Å². The van der Waals surface area contributed by atoms with Crippen LogP contribution < -0.4 is 0 Å². The van der Waals surface area contributed by atoms with E-state index in [1.54, 1.807) is 0 Å². The third-order valence-electron chi connectivity index (χ3n) is 2.45. The zero-order valence-corrected chi connectivity index (χ0v) is 9.69. The van der Waals surface area contributed by atoms with Crippen molar-refractivity contribution in [2.24, 2.45) is 0 Å². The van der Waals surface area contributed by atoms with Crippen LogP contribution in [0.5, 0.6) is 0 Å². The molecule has 0 radical (unpaired) electrons. The SMILES string of the molecule is CCCN(CCO)Cc1ccnn1CC. The van der Waals surface area contributed by atoms with Gasteiger partial charge in [0, 0.05) is 25.8 Å². The van der Waals surface area contributed by atoms with E-state index >= 15 is 0 Å². The summed E-state index contributed by atoms with van der Waals surface area (Å²) in [6, 6.07) is 2.05. The highest BCUT2D eigenvalue weighted by Crippen LogP contribution is 2.04. The van der Waals surface area contributed by atoms with Gasteiger partial charge in [0.1, 0.15) is 0 Å². The molecular formula is C11H21N3O. The van der Waals surface area contributed by atoms with Crippen molar-refractivity contribution in [2.45, 2.75) is 33.4 Å². The summed E-state index contributed by atoms with van der Waals surface area (Å²) in [6.45, 7) is 8.01. The van der Waals surface area contributed by atoms with Gasteiger partial charge >= 0.3 is 0 Å². The van der Waals surface area contributed by atoms with E-state index in [1.807, 2.05) is 16.9 Å². The van der Waals surface area contributed by atoms with Crippen molar-refractivity contribution in [1.82, 2.24) is 14.7 Å². The highest BCUT2D eigenvalue weighted by molar-refractivity contribution is 5.00. The number of rotatable bonds is 7. The molecule has 1 heterocycles. The average Bonchev–Trinajstić information content (AvgIpc) is 2.66. The monoisotopic (exact) mass is 211 g/mol. The number of hydrogen-bond acceptors (Lipinski definition) is 3. The lowest BCUT2D eigenvalue weighted by Crippen LogP contribution is -2.28. The van der Waals surface area contributed by atoms with Gasteiger partial charge in [0.15, 0.2) is 0 Å². The molecule has 0 aliphatic rings. The van der Waals surface area contributed by atoms with E-state index in [2.05, 4.69) is 23.8 Å². The largest absolute Gasteiger partial charge is 0.395 e. The third-order valence-corrected chi connectivity index (χ3v) is 2.45. The van der Waals surface area contributed by atoms with Gasteiger partial charge in [-0.15, -0.1) is 0 Å². The van der Waals surface area contributed by atoms with Crippen LogP contribution in [0, 0.1) is 0 Å². The molecule has 0 atom stereocenters. The first-order valence-electron chi connectivity index (χ1n) is 5.65. The van der Waals surface area contributed by atoms with E-state index in [-0.39, 0.29) is 6.61 Å². The van der Waals surface area contributed by atoms with E-state index in [0.717, 1.165) is 32.6 Å². The molecule has 15 heavy (non-hydrogen) atoms. The summed E-state index contributed by atoms with van der Waals surface area (Å²) in [6.07, 6.45) is 2.95. The topological polar surface area (TPSA) is 41.3 Å². The molecule has 1 aromatic rings. The minimum Gasteiger partial charge on any atom is -0.395 e. The molecule has 0 unspecified atom stereocenters. The fraction of sp³-hybridized carbons (Fsp3) is 0.727. The van der Waals surface area contributed by atoms with E-state index in [0.29, 0.717) is 0 Å². The minimum atomic E-state index is 0.222. The zero-order valence-electron chi connectivity index (χ0n) is 9.69. The van der Waals surface area contributed by atoms with Gasteiger partial charge in [-0.2, -0.15) is 5.10 Å². The van der Waals surface area contributed by atoms with Crippen molar-refractivity contribution in [3.63, 3.8) is 0 Å². The van der Waals surface area contributed by atoms with Crippen LogP contribution in [0.1, 0.15) is 26.0 Å². The van der Waals surface area contributed by atoms with Crippen molar-refractivity contribution in [2.75, 3.05) is 19.7 Å². The summed E-state index contributed by atoms with van der Waals surface area (Å²) >= 11 is 0. The molecular weight excluding hydrogens is 190 g/mol. The summed E-state index contributed by atoms with van der Waals surface area (Å²) in [5, 5.41) is 13.2. The first-order chi connectivity index (χ1) is 7.31. The maximum Gasteiger partial charge on any atom is 0.0558 e. The normalized spacial score (nSPS) is 11.2. The van der Waals surface area contributed by atoms with Gasteiger partial charge in [-0.25, -0.2) is 0 Å². The lowest BCUT2D eigenvalue weighted by atomic mass is 10.3. The van der Waals surface area contributed by atoms with Crippen LogP contribution in [0.25, 0.3) is 0 Å². The maximum atomic E-state index is 8.95. The highest BCUT2D eigenvalue weighted by atomic mass is 16.3. The molecule has 4 heteroatoms. The number of hydrogen-bond donors (Lipinski definition) is 1. The van der Waals surface area contributed by atoms with E-state index in [9.17, 15) is 0 Å². The number of aliphatic hydroxyl groups is 1. The molecule has 86 valence electrons. The molecule has 1 N–H and O–H groups in total. The van der Waals surface area contributed by atoms with Crippen LogP contribution in [-0.4, -0.2) is 39.5 Å². The van der Waals surface area contributed by atoms with Gasteiger partial charge in [-0.3, -0.25) is 9.58 Å². The van der Waals surface area contributed by atoms with Crippen molar-refractivity contribution in [1.29, 1.82) is 0 Å². The predicted octanol–water partition coefficient (Wildman–Crippen LogP) is 1.11. The first kappa shape index (κ1) is 12.2. The Morgan fingerprint density at radius 3 is 2.80 bits per heavy atom. The zero-order chi connectivity index (χ0) is 11.1. The van der Waals surface area contributed by atoms with Crippen LogP contribution in [0.3, 0.4) is 0 Å². The predicted molar refractivity (Wildman–Crippen MR) is 60.6 cm³/mol. The lowest BCUT2D eigenvalue weighted by molar-refractivity contribution is 0.187. The summed E-state index contributed by atoms with van der Waals surface area (Å²) in [5.74, 6) is 0. The average molecular weight is 211 g/mol. The van der Waals surface area contributed by atoms with Gasteiger partial charge in [-0.05, 0) is 26.0 Å². The number of aliphatic hydroxyl groups excluding tert-OH is 1. The molecule has 0 saturated heterocycles. The van der Waals surface area contributed by atoms with Crippen LogP contribution in [0.2, 0.25) is 0 Å². The Kier molecular flexibility index (Phi) is 5.36. The van der Waals surface area contributed by atoms with Crippen LogP contribution in [0.4, 0.5) is 0 Å². The molecule has 0 aromatic carbocycles. The number of aromatic nitrogens is 2. The fourth-order valence-corrected chi connectivity index (χ4v) is 1.74. The second-order valence-corrected chi connectivity index (χ2v) is 3.64. The number of nitrogens with zero attached hydrogens (tertiary/aromatic N) is 3. The quantitative estimate of drug-likeness (QED) is 0.734. The lowest BCUT2D eigenvalue weighted by Gasteiger charge is -2.20. The van der Waals surface area contributed by atoms with Crippen molar-refractivity contribution < 1.29 is 5.11 Å². The van der Waals surface area contributed by atoms with E-state index < -0.39 is 0 Å². The van der Waals surface area contributed by atoms with Crippen LogP contribution in [-0.2, 0) is 13.1 Å². The first-order valence-corrected chi connectivity index (χ1v) is 5.65. The highest BCUT2D eigenvalue weighted by Gasteiger charge is 2.07. The van der Waals surface area contributed by atoms with E-state index in [4.69, 9.17) is 5.11 Å². The third kappa shape index (κ3) is 3.64. The Labute approximate surface area is 91.5 Å². The van der Waals surface area contributed by atoms with Crippen molar-refractivity contribution >= 4 is 0 Å². The molecule has 0 amide bonds. The summed E-state index contributed by atoms with van der Waals surface area (Å²) in [4.78, 5) is 2.25. The van der Waals surface area contributed by atoms with E-state index in [1.165, 1.54) is 5.69 Å². The Bertz CT molecular complexity index is 267. The molecule has 0 saturated carbocycles. The Balaban J connectivity index is 2.56. The smallest absolute Gasteiger partial charge is 0.0558 e. The summed E-state index contributed by atoms with van der Waals surface area (Å²) in [7, 11) is 0. The van der Waals surface area contributed by atoms with Gasteiger partial charge in [0.05, 0.1) is 12.3 Å². The Morgan fingerprint density at radius 2 is 2.20 bits per heavy atom. The maximum absolute atomic E-state index is 8.95. The molecule has 0 bridgehead atoms.